The molecule has 0 saturated heterocycles. The summed E-state index contributed by atoms with van der Waals surface area (Å²) in [5.74, 6) is -0.213. The van der Waals surface area contributed by atoms with E-state index >= 15 is 0 Å². The second-order valence-electron chi connectivity index (χ2n) is 6.09. The summed E-state index contributed by atoms with van der Waals surface area (Å²) < 4.78 is 11.2. The standard InChI is InChI=1S/C14H28O3/c1-8-14(7,17-12(15)11(2)3)9-10-16-13(4,5)6/h11H,8-10H2,1-7H3. The van der Waals surface area contributed by atoms with Gasteiger partial charge in [0.1, 0.15) is 5.60 Å². The first-order chi connectivity index (χ1) is 7.59. The van der Waals surface area contributed by atoms with Crippen molar-refractivity contribution in [1.29, 1.82) is 0 Å². The van der Waals surface area contributed by atoms with E-state index in [9.17, 15) is 4.79 Å². The van der Waals surface area contributed by atoms with Crippen LogP contribution in [-0.4, -0.2) is 23.8 Å². The van der Waals surface area contributed by atoms with Gasteiger partial charge in [0.25, 0.3) is 0 Å². The maximum absolute atomic E-state index is 11.6. The molecule has 0 aliphatic heterocycles. The van der Waals surface area contributed by atoms with E-state index in [1.54, 1.807) is 0 Å². The lowest BCUT2D eigenvalue weighted by Gasteiger charge is -2.30. The Morgan fingerprint density at radius 1 is 1.18 bits per heavy atom. The second-order valence-corrected chi connectivity index (χ2v) is 6.09. The van der Waals surface area contributed by atoms with Crippen molar-refractivity contribution in [2.24, 2.45) is 5.92 Å². The van der Waals surface area contributed by atoms with Crippen molar-refractivity contribution in [2.75, 3.05) is 6.61 Å². The summed E-state index contributed by atoms with van der Waals surface area (Å²) in [6, 6.07) is 0. The van der Waals surface area contributed by atoms with E-state index in [1.807, 2.05) is 48.5 Å². The molecule has 3 heteroatoms. The van der Waals surface area contributed by atoms with Gasteiger partial charge in [0.15, 0.2) is 0 Å². The summed E-state index contributed by atoms with van der Waals surface area (Å²) in [6.07, 6.45) is 1.54. The van der Waals surface area contributed by atoms with Crippen LogP contribution in [0.3, 0.4) is 0 Å². The van der Waals surface area contributed by atoms with Gasteiger partial charge in [-0.15, -0.1) is 0 Å². The van der Waals surface area contributed by atoms with Gasteiger partial charge in [-0.2, -0.15) is 0 Å². The largest absolute Gasteiger partial charge is 0.459 e. The monoisotopic (exact) mass is 244 g/mol. The van der Waals surface area contributed by atoms with Crippen molar-refractivity contribution in [3.8, 4) is 0 Å². The van der Waals surface area contributed by atoms with E-state index in [1.165, 1.54) is 0 Å². The fraction of sp³-hybridized carbons (Fsp3) is 0.929. The van der Waals surface area contributed by atoms with E-state index in [0.29, 0.717) is 6.61 Å². The van der Waals surface area contributed by atoms with Crippen molar-refractivity contribution in [3.63, 3.8) is 0 Å². The van der Waals surface area contributed by atoms with E-state index in [2.05, 4.69) is 0 Å². The topological polar surface area (TPSA) is 35.5 Å². The lowest BCUT2D eigenvalue weighted by atomic mass is 9.99. The molecule has 0 radical (unpaired) electrons. The van der Waals surface area contributed by atoms with E-state index in [0.717, 1.165) is 12.8 Å². The van der Waals surface area contributed by atoms with Gasteiger partial charge in [-0.25, -0.2) is 0 Å². The lowest BCUT2D eigenvalue weighted by Crippen LogP contribution is -2.35. The number of hydrogen-bond acceptors (Lipinski definition) is 3. The number of carbonyl (C=O) groups excluding carboxylic acids is 1. The molecule has 0 spiro atoms. The lowest BCUT2D eigenvalue weighted by molar-refractivity contribution is -0.165. The van der Waals surface area contributed by atoms with Gasteiger partial charge in [0.2, 0.25) is 0 Å². The fourth-order valence-corrected chi connectivity index (χ4v) is 1.23. The van der Waals surface area contributed by atoms with Gasteiger partial charge in [0.05, 0.1) is 18.1 Å². The summed E-state index contributed by atoms with van der Waals surface area (Å²) in [7, 11) is 0. The highest BCUT2D eigenvalue weighted by Crippen LogP contribution is 2.22. The normalized spacial score (nSPS) is 15.8. The molecule has 0 aliphatic carbocycles. The molecular weight excluding hydrogens is 216 g/mol. The average Bonchev–Trinajstić information content (AvgIpc) is 2.15. The highest BCUT2D eigenvalue weighted by Gasteiger charge is 2.28. The Bertz CT molecular complexity index is 240. The molecule has 17 heavy (non-hydrogen) atoms. The molecule has 0 aromatic carbocycles. The molecule has 102 valence electrons. The highest BCUT2D eigenvalue weighted by molar-refractivity contribution is 5.72. The number of hydrogen-bond donors (Lipinski definition) is 0. The Morgan fingerprint density at radius 2 is 1.71 bits per heavy atom. The first-order valence-electron chi connectivity index (χ1n) is 6.46. The molecule has 0 heterocycles. The Hall–Kier alpha value is -0.570. The molecule has 3 nitrogen and oxygen atoms in total. The van der Waals surface area contributed by atoms with Gasteiger partial charge in [-0.1, -0.05) is 20.8 Å². The molecule has 0 amide bonds. The van der Waals surface area contributed by atoms with E-state index < -0.39 is 5.60 Å². The van der Waals surface area contributed by atoms with Crippen LogP contribution < -0.4 is 0 Å². The molecule has 0 N–H and O–H groups in total. The minimum absolute atomic E-state index is 0.0793. The predicted octanol–water partition coefficient (Wildman–Crippen LogP) is 3.56. The summed E-state index contributed by atoms with van der Waals surface area (Å²) >= 11 is 0. The third kappa shape index (κ3) is 7.37. The Kier molecular flexibility index (Phi) is 6.17. The second kappa shape index (κ2) is 6.39. The van der Waals surface area contributed by atoms with Crippen LogP contribution in [-0.2, 0) is 14.3 Å². The SMILES string of the molecule is CCC(C)(CCOC(C)(C)C)OC(=O)C(C)C. The fourth-order valence-electron chi connectivity index (χ4n) is 1.23. The first kappa shape index (κ1) is 16.4. The van der Waals surface area contributed by atoms with Crippen LogP contribution in [0.4, 0.5) is 0 Å². The minimum atomic E-state index is -0.410. The summed E-state index contributed by atoms with van der Waals surface area (Å²) in [5, 5.41) is 0. The molecule has 1 atom stereocenters. The molecule has 0 saturated carbocycles. The summed E-state index contributed by atoms with van der Waals surface area (Å²) in [4.78, 5) is 11.6. The summed E-state index contributed by atoms with van der Waals surface area (Å²) in [5.41, 5.74) is -0.552. The third-order valence-corrected chi connectivity index (χ3v) is 2.73. The molecule has 0 aromatic heterocycles. The van der Waals surface area contributed by atoms with Crippen LogP contribution in [0.1, 0.15) is 61.3 Å². The van der Waals surface area contributed by atoms with Crippen molar-refractivity contribution >= 4 is 5.97 Å². The van der Waals surface area contributed by atoms with Gasteiger partial charge in [-0.3, -0.25) is 4.79 Å². The maximum atomic E-state index is 11.6. The zero-order chi connectivity index (χ0) is 13.7. The molecule has 0 bridgehead atoms. The number of esters is 1. The number of rotatable bonds is 6. The molecular formula is C14H28O3. The van der Waals surface area contributed by atoms with Crippen molar-refractivity contribution in [2.45, 2.75) is 72.5 Å². The van der Waals surface area contributed by atoms with Gasteiger partial charge in [-0.05, 0) is 34.1 Å². The Balaban J connectivity index is 4.24. The molecule has 0 aliphatic rings. The van der Waals surface area contributed by atoms with Crippen LogP contribution in [0, 0.1) is 5.92 Å². The van der Waals surface area contributed by atoms with E-state index in [4.69, 9.17) is 9.47 Å². The zero-order valence-electron chi connectivity index (χ0n) is 12.4. The number of ether oxygens (including phenoxy) is 2. The summed E-state index contributed by atoms with van der Waals surface area (Å²) in [6.45, 7) is 14.4. The van der Waals surface area contributed by atoms with Crippen LogP contribution in [0.15, 0.2) is 0 Å². The average molecular weight is 244 g/mol. The van der Waals surface area contributed by atoms with Gasteiger partial charge >= 0.3 is 5.97 Å². The highest BCUT2D eigenvalue weighted by atomic mass is 16.6. The number of carbonyl (C=O) groups is 1. The third-order valence-electron chi connectivity index (χ3n) is 2.73. The van der Waals surface area contributed by atoms with Gasteiger partial charge < -0.3 is 9.47 Å². The Morgan fingerprint density at radius 3 is 2.06 bits per heavy atom. The van der Waals surface area contributed by atoms with Crippen molar-refractivity contribution < 1.29 is 14.3 Å². The first-order valence-corrected chi connectivity index (χ1v) is 6.46. The minimum Gasteiger partial charge on any atom is -0.459 e. The maximum Gasteiger partial charge on any atom is 0.308 e. The van der Waals surface area contributed by atoms with Crippen molar-refractivity contribution in [3.05, 3.63) is 0 Å². The predicted molar refractivity (Wildman–Crippen MR) is 69.9 cm³/mol. The smallest absolute Gasteiger partial charge is 0.308 e. The van der Waals surface area contributed by atoms with Crippen LogP contribution in [0.25, 0.3) is 0 Å². The molecule has 0 aromatic rings. The van der Waals surface area contributed by atoms with Crippen molar-refractivity contribution in [1.82, 2.24) is 0 Å². The van der Waals surface area contributed by atoms with Gasteiger partial charge in [0, 0.05) is 6.42 Å². The van der Waals surface area contributed by atoms with Crippen LogP contribution in [0.2, 0.25) is 0 Å². The Labute approximate surface area is 106 Å². The quantitative estimate of drug-likeness (QED) is 0.670. The van der Waals surface area contributed by atoms with E-state index in [-0.39, 0.29) is 17.5 Å². The van der Waals surface area contributed by atoms with Crippen LogP contribution in [0.5, 0.6) is 0 Å². The molecule has 0 fully saturated rings. The molecule has 1 unspecified atom stereocenters. The molecule has 0 rings (SSSR count). The zero-order valence-corrected chi connectivity index (χ0v) is 12.4. The van der Waals surface area contributed by atoms with Crippen LogP contribution >= 0.6 is 0 Å².